The van der Waals surface area contributed by atoms with Crippen molar-refractivity contribution in [2.45, 2.75) is 71.9 Å². The molecule has 20 heavy (non-hydrogen) atoms. The molecule has 2 heteroatoms. The van der Waals surface area contributed by atoms with Crippen LogP contribution >= 0.6 is 0 Å². The van der Waals surface area contributed by atoms with Crippen LogP contribution in [0.15, 0.2) is 24.3 Å². The van der Waals surface area contributed by atoms with Gasteiger partial charge in [0.25, 0.3) is 0 Å². The topological polar surface area (TPSA) is 35.2 Å². The maximum absolute atomic E-state index is 6.37. The molecular formula is C18H31NO. The van der Waals surface area contributed by atoms with Gasteiger partial charge in [-0.25, -0.2) is 0 Å². The Hall–Kier alpha value is -1.02. The summed E-state index contributed by atoms with van der Waals surface area (Å²) in [5.41, 5.74) is 7.29. The zero-order valence-electron chi connectivity index (χ0n) is 14.2. The van der Waals surface area contributed by atoms with Crippen molar-refractivity contribution >= 4 is 0 Å². The molecule has 0 amide bonds. The first-order chi connectivity index (χ1) is 8.99. The lowest BCUT2D eigenvalue weighted by Gasteiger charge is -2.32. The third kappa shape index (κ3) is 5.54. The van der Waals surface area contributed by atoms with Crippen molar-refractivity contribution < 1.29 is 4.74 Å². The molecule has 0 aliphatic rings. The molecule has 1 aromatic carbocycles. The van der Waals surface area contributed by atoms with E-state index in [2.05, 4.69) is 72.7 Å². The van der Waals surface area contributed by atoms with Gasteiger partial charge in [-0.15, -0.1) is 0 Å². The second-order valence-corrected chi connectivity index (χ2v) is 7.79. The maximum Gasteiger partial charge on any atom is 0.120 e. The fourth-order valence-corrected chi connectivity index (χ4v) is 2.46. The van der Waals surface area contributed by atoms with Gasteiger partial charge in [0.05, 0.1) is 0 Å². The molecular weight excluding hydrogens is 246 g/mol. The quantitative estimate of drug-likeness (QED) is 0.844. The molecule has 0 saturated heterocycles. The maximum atomic E-state index is 6.37. The zero-order chi connectivity index (χ0) is 15.6. The van der Waals surface area contributed by atoms with Crippen molar-refractivity contribution in [3.05, 3.63) is 29.8 Å². The van der Waals surface area contributed by atoms with Crippen LogP contribution in [-0.4, -0.2) is 11.1 Å². The molecule has 0 heterocycles. The minimum absolute atomic E-state index is 0.161. The molecule has 0 radical (unpaired) electrons. The van der Waals surface area contributed by atoms with Gasteiger partial charge in [0.2, 0.25) is 0 Å². The van der Waals surface area contributed by atoms with Gasteiger partial charge in [-0.2, -0.15) is 0 Å². The summed E-state index contributed by atoms with van der Waals surface area (Å²) in [7, 11) is 0. The van der Waals surface area contributed by atoms with E-state index in [1.165, 1.54) is 5.56 Å². The number of benzene rings is 1. The summed E-state index contributed by atoms with van der Waals surface area (Å²) in [4.78, 5) is 0. The molecule has 1 unspecified atom stereocenters. The van der Waals surface area contributed by atoms with Crippen molar-refractivity contribution in [3.63, 3.8) is 0 Å². The summed E-state index contributed by atoms with van der Waals surface area (Å²) < 4.78 is 5.87. The zero-order valence-corrected chi connectivity index (χ0v) is 14.2. The highest BCUT2D eigenvalue weighted by atomic mass is 16.5. The Bertz CT molecular complexity index is 407. The van der Waals surface area contributed by atoms with Crippen molar-refractivity contribution in [1.29, 1.82) is 0 Å². The lowest BCUT2D eigenvalue weighted by Crippen LogP contribution is -2.39. The Kier molecular flexibility index (Phi) is 5.26. The third-order valence-corrected chi connectivity index (χ3v) is 3.31. The highest BCUT2D eigenvalue weighted by Gasteiger charge is 2.27. The average Bonchev–Trinajstić information content (AvgIpc) is 2.23. The van der Waals surface area contributed by atoms with Crippen LogP contribution in [0.5, 0.6) is 5.75 Å². The largest absolute Gasteiger partial charge is 0.488 e. The van der Waals surface area contributed by atoms with Crippen LogP contribution in [0.4, 0.5) is 0 Å². The molecule has 1 rings (SSSR count). The number of hydrogen-bond donors (Lipinski definition) is 1. The first-order valence-corrected chi connectivity index (χ1v) is 7.57. The van der Waals surface area contributed by atoms with Crippen LogP contribution in [0.1, 0.15) is 66.4 Å². The Labute approximate surface area is 124 Å². The summed E-state index contributed by atoms with van der Waals surface area (Å²) in [5.74, 6) is 1.92. The van der Waals surface area contributed by atoms with Crippen LogP contribution < -0.4 is 10.5 Å². The van der Waals surface area contributed by atoms with E-state index in [-0.39, 0.29) is 11.1 Å². The predicted molar refractivity (Wildman–Crippen MR) is 87.3 cm³/mol. The summed E-state index contributed by atoms with van der Waals surface area (Å²) in [6.45, 7) is 14.9. The van der Waals surface area contributed by atoms with Gasteiger partial charge in [0.15, 0.2) is 0 Å². The van der Waals surface area contributed by atoms with Crippen molar-refractivity contribution in [2.24, 2.45) is 11.7 Å². The number of nitrogens with two attached hydrogens (primary N) is 1. The SMILES string of the molecule is CC(C)CC(c1ccc(OC(C)(C)C)cc1)C(C)(C)N. The average molecular weight is 277 g/mol. The Morgan fingerprint density at radius 2 is 1.50 bits per heavy atom. The third-order valence-electron chi connectivity index (χ3n) is 3.31. The van der Waals surface area contributed by atoms with E-state index in [1.807, 2.05) is 0 Å². The van der Waals surface area contributed by atoms with Gasteiger partial charge in [0, 0.05) is 11.5 Å². The molecule has 0 fully saturated rings. The summed E-state index contributed by atoms with van der Waals surface area (Å²) in [5, 5.41) is 0. The van der Waals surface area contributed by atoms with Crippen molar-refractivity contribution in [2.75, 3.05) is 0 Å². The molecule has 1 aromatic rings. The van der Waals surface area contributed by atoms with E-state index in [0.717, 1.165) is 12.2 Å². The van der Waals surface area contributed by atoms with Gasteiger partial charge in [-0.3, -0.25) is 0 Å². The fourth-order valence-electron chi connectivity index (χ4n) is 2.46. The summed E-state index contributed by atoms with van der Waals surface area (Å²) in [6.07, 6.45) is 1.10. The number of ether oxygens (including phenoxy) is 1. The standard InChI is InChI=1S/C18H31NO/c1-13(2)12-16(18(6,7)19)14-8-10-15(11-9-14)20-17(3,4)5/h8-11,13,16H,12,19H2,1-7H3. The Morgan fingerprint density at radius 1 is 1.00 bits per heavy atom. The second kappa shape index (κ2) is 6.17. The highest BCUT2D eigenvalue weighted by molar-refractivity contribution is 5.31. The van der Waals surface area contributed by atoms with Gasteiger partial charge < -0.3 is 10.5 Å². The lowest BCUT2D eigenvalue weighted by molar-refractivity contribution is 0.131. The molecule has 0 bridgehead atoms. The van der Waals surface area contributed by atoms with E-state index in [9.17, 15) is 0 Å². The molecule has 2 nitrogen and oxygen atoms in total. The first-order valence-electron chi connectivity index (χ1n) is 7.57. The second-order valence-electron chi connectivity index (χ2n) is 7.79. The van der Waals surface area contributed by atoms with Crippen LogP contribution in [0.3, 0.4) is 0 Å². The van der Waals surface area contributed by atoms with Gasteiger partial charge in [-0.05, 0) is 64.7 Å². The highest BCUT2D eigenvalue weighted by Crippen LogP contribution is 2.33. The van der Waals surface area contributed by atoms with E-state index >= 15 is 0 Å². The number of rotatable bonds is 5. The van der Waals surface area contributed by atoms with Crippen LogP contribution in [0, 0.1) is 5.92 Å². The molecule has 0 aliphatic carbocycles. The van der Waals surface area contributed by atoms with Gasteiger partial charge in [-0.1, -0.05) is 26.0 Å². The minimum atomic E-state index is -0.212. The van der Waals surface area contributed by atoms with Crippen LogP contribution in [0.2, 0.25) is 0 Å². The molecule has 114 valence electrons. The van der Waals surface area contributed by atoms with Crippen LogP contribution in [0.25, 0.3) is 0 Å². The van der Waals surface area contributed by atoms with Gasteiger partial charge in [0.1, 0.15) is 11.4 Å². The minimum Gasteiger partial charge on any atom is -0.488 e. The molecule has 1 atom stereocenters. The normalized spacial score (nSPS) is 14.4. The number of hydrogen-bond acceptors (Lipinski definition) is 2. The monoisotopic (exact) mass is 277 g/mol. The summed E-state index contributed by atoms with van der Waals surface area (Å²) in [6, 6.07) is 8.42. The van der Waals surface area contributed by atoms with E-state index in [0.29, 0.717) is 11.8 Å². The van der Waals surface area contributed by atoms with Crippen molar-refractivity contribution in [1.82, 2.24) is 0 Å². The van der Waals surface area contributed by atoms with Crippen LogP contribution in [-0.2, 0) is 0 Å². The van der Waals surface area contributed by atoms with E-state index < -0.39 is 0 Å². The molecule has 2 N–H and O–H groups in total. The first kappa shape index (κ1) is 17.0. The molecule has 0 aliphatic heterocycles. The Balaban J connectivity index is 2.94. The van der Waals surface area contributed by atoms with E-state index in [1.54, 1.807) is 0 Å². The molecule has 0 saturated carbocycles. The lowest BCUT2D eigenvalue weighted by atomic mass is 9.77. The van der Waals surface area contributed by atoms with E-state index in [4.69, 9.17) is 10.5 Å². The van der Waals surface area contributed by atoms with Gasteiger partial charge >= 0.3 is 0 Å². The smallest absolute Gasteiger partial charge is 0.120 e. The van der Waals surface area contributed by atoms with Crippen molar-refractivity contribution in [3.8, 4) is 5.75 Å². The molecule has 0 spiro atoms. The molecule has 0 aromatic heterocycles. The fraction of sp³-hybridized carbons (Fsp3) is 0.667. The summed E-state index contributed by atoms with van der Waals surface area (Å²) >= 11 is 0. The predicted octanol–water partition coefficient (Wildman–Crippen LogP) is 4.73. The Morgan fingerprint density at radius 3 is 1.85 bits per heavy atom.